The largest absolute Gasteiger partial charge is 0.453 e. The molecule has 0 fully saturated rings. The SMILES string of the molecule is c1ccc(-c2nc(-c3cccnc3)cc(-c3cc(-c4cc(-c5cccnc5)nc(-c5ccccn5)n4)c4cc(N5c6ccccc6Oc6ccccc65)ccc4c3)n2)nc1. The molecule has 0 N–H and O–H groups in total. The lowest BCUT2D eigenvalue weighted by atomic mass is 9.95. The molecule has 0 radical (unpaired) electrons. The Hall–Kier alpha value is -8.50. The number of para-hydroxylation sites is 4. The Kier molecular flexibility index (Phi) is 8.55. The highest BCUT2D eigenvalue weighted by Crippen LogP contribution is 2.51. The van der Waals surface area contributed by atoms with Gasteiger partial charge < -0.3 is 9.64 Å². The van der Waals surface area contributed by atoms with E-state index < -0.39 is 0 Å². The number of aromatic nitrogens is 8. The first-order valence-electron chi connectivity index (χ1n) is 19.4. The molecule has 6 aromatic heterocycles. The highest BCUT2D eigenvalue weighted by molar-refractivity contribution is 6.03. The zero-order chi connectivity index (χ0) is 39.8. The van der Waals surface area contributed by atoms with Gasteiger partial charge in [0.15, 0.2) is 23.1 Å². The fourth-order valence-electron chi connectivity index (χ4n) is 7.55. The van der Waals surface area contributed by atoms with E-state index in [0.717, 1.165) is 78.7 Å². The van der Waals surface area contributed by atoms with Gasteiger partial charge in [0.05, 0.1) is 34.2 Å². The first kappa shape index (κ1) is 34.7. The normalized spacial score (nSPS) is 11.8. The third-order valence-electron chi connectivity index (χ3n) is 10.4. The fourth-order valence-corrected chi connectivity index (χ4v) is 7.55. The third kappa shape index (κ3) is 6.44. The van der Waals surface area contributed by atoms with Gasteiger partial charge in [0, 0.05) is 65.1 Å². The van der Waals surface area contributed by atoms with Gasteiger partial charge in [0.2, 0.25) is 0 Å². The summed E-state index contributed by atoms with van der Waals surface area (Å²) in [6, 6.07) is 50.4. The monoisotopic (exact) mass is 773 g/mol. The van der Waals surface area contributed by atoms with Crippen molar-refractivity contribution in [3.63, 3.8) is 0 Å². The topological polar surface area (TPSA) is 116 Å². The Morgan fingerprint density at radius 3 is 1.52 bits per heavy atom. The Bertz CT molecular complexity index is 3030. The van der Waals surface area contributed by atoms with Crippen LogP contribution >= 0.6 is 0 Å². The van der Waals surface area contributed by atoms with Crippen molar-refractivity contribution < 1.29 is 4.74 Å². The van der Waals surface area contributed by atoms with Crippen molar-refractivity contribution in [3.8, 4) is 79.6 Å². The van der Waals surface area contributed by atoms with Gasteiger partial charge in [-0.3, -0.25) is 19.9 Å². The lowest BCUT2D eigenvalue weighted by Gasteiger charge is -2.33. The van der Waals surface area contributed by atoms with E-state index in [2.05, 4.69) is 67.3 Å². The number of hydrogen-bond donors (Lipinski definition) is 0. The number of rotatable bonds is 7. The van der Waals surface area contributed by atoms with E-state index in [9.17, 15) is 0 Å². The van der Waals surface area contributed by atoms with Crippen LogP contribution in [0, 0.1) is 0 Å². The predicted octanol–water partition coefficient (Wildman–Crippen LogP) is 11.6. The summed E-state index contributed by atoms with van der Waals surface area (Å²) in [5.41, 5.74) is 10.5. The number of anilines is 3. The van der Waals surface area contributed by atoms with Crippen LogP contribution in [0.2, 0.25) is 0 Å². The molecule has 1 aliphatic rings. The molecule has 0 saturated carbocycles. The van der Waals surface area contributed by atoms with Crippen molar-refractivity contribution in [2.75, 3.05) is 4.90 Å². The van der Waals surface area contributed by atoms with Crippen LogP contribution < -0.4 is 9.64 Å². The molecule has 10 nitrogen and oxygen atoms in total. The maximum Gasteiger partial charge on any atom is 0.179 e. The molecular formula is C50H31N9O. The van der Waals surface area contributed by atoms with Gasteiger partial charge in [0.1, 0.15) is 11.4 Å². The molecule has 0 spiro atoms. The molecule has 0 bridgehead atoms. The van der Waals surface area contributed by atoms with Gasteiger partial charge in [-0.1, -0.05) is 42.5 Å². The molecule has 4 aromatic carbocycles. The maximum atomic E-state index is 6.38. The fraction of sp³-hybridized carbons (Fsp3) is 0. The van der Waals surface area contributed by atoms with Gasteiger partial charge in [0.25, 0.3) is 0 Å². The summed E-state index contributed by atoms with van der Waals surface area (Å²) in [6.45, 7) is 0. The average Bonchev–Trinajstić information content (AvgIpc) is 3.33. The number of fused-ring (bicyclic) bond motifs is 3. The number of pyridine rings is 4. The molecule has 1 aliphatic heterocycles. The van der Waals surface area contributed by atoms with Crippen molar-refractivity contribution >= 4 is 27.8 Å². The van der Waals surface area contributed by atoms with E-state index in [1.54, 1.807) is 24.8 Å². The summed E-state index contributed by atoms with van der Waals surface area (Å²) in [7, 11) is 0. The molecule has 60 heavy (non-hydrogen) atoms. The minimum absolute atomic E-state index is 0.496. The van der Waals surface area contributed by atoms with E-state index in [4.69, 9.17) is 24.7 Å². The maximum absolute atomic E-state index is 6.38. The van der Waals surface area contributed by atoms with Crippen molar-refractivity contribution in [2.24, 2.45) is 0 Å². The minimum Gasteiger partial charge on any atom is -0.453 e. The van der Waals surface area contributed by atoms with Crippen LogP contribution in [0.3, 0.4) is 0 Å². The lowest BCUT2D eigenvalue weighted by molar-refractivity contribution is 0.477. The smallest absolute Gasteiger partial charge is 0.179 e. The predicted molar refractivity (Wildman–Crippen MR) is 234 cm³/mol. The molecule has 0 atom stereocenters. The summed E-state index contributed by atoms with van der Waals surface area (Å²) < 4.78 is 6.38. The van der Waals surface area contributed by atoms with Crippen LogP contribution in [0.4, 0.5) is 17.1 Å². The van der Waals surface area contributed by atoms with E-state index in [1.807, 2.05) is 122 Å². The Balaban J connectivity index is 1.18. The Labute approximate surface area is 344 Å². The second kappa shape index (κ2) is 14.8. The van der Waals surface area contributed by atoms with Gasteiger partial charge in [-0.15, -0.1) is 0 Å². The first-order valence-corrected chi connectivity index (χ1v) is 19.4. The van der Waals surface area contributed by atoms with Crippen LogP contribution in [0.5, 0.6) is 11.5 Å². The molecule has 0 aliphatic carbocycles. The Morgan fingerprint density at radius 2 is 0.950 bits per heavy atom. The van der Waals surface area contributed by atoms with Crippen LogP contribution in [-0.4, -0.2) is 39.9 Å². The second-order valence-electron chi connectivity index (χ2n) is 14.1. The number of nitrogens with zero attached hydrogens (tertiary/aromatic N) is 9. The summed E-state index contributed by atoms with van der Waals surface area (Å²) in [5, 5.41) is 1.97. The van der Waals surface area contributed by atoms with Crippen LogP contribution in [0.15, 0.2) is 189 Å². The van der Waals surface area contributed by atoms with Crippen molar-refractivity contribution in [1.82, 2.24) is 39.9 Å². The van der Waals surface area contributed by atoms with Crippen molar-refractivity contribution in [3.05, 3.63) is 189 Å². The standard InChI is InChI=1S/C50H31N9O/c1-3-17-47-45(15-1)59(46-16-2-4-18-48(46)60-47)36-20-19-32-25-35(43-28-41(33-11-9-21-51-30-33)55-49(57-43)39-13-5-7-23-53-39)26-38(37(32)27-36)44-29-42(34-12-10-22-52-31-34)56-50(58-44)40-14-6-8-24-54-40/h1-31H. The highest BCUT2D eigenvalue weighted by atomic mass is 16.5. The first-order chi connectivity index (χ1) is 29.7. The zero-order valence-electron chi connectivity index (χ0n) is 31.8. The minimum atomic E-state index is 0.496. The van der Waals surface area contributed by atoms with Gasteiger partial charge in [-0.25, -0.2) is 19.9 Å². The second-order valence-corrected chi connectivity index (χ2v) is 14.1. The Morgan fingerprint density at radius 1 is 0.400 bits per heavy atom. The van der Waals surface area contributed by atoms with Crippen LogP contribution in [-0.2, 0) is 0 Å². The molecule has 11 rings (SSSR count). The summed E-state index contributed by atoms with van der Waals surface area (Å²) in [5.74, 6) is 2.56. The quantitative estimate of drug-likeness (QED) is 0.155. The number of ether oxygens (including phenoxy) is 1. The van der Waals surface area contributed by atoms with Crippen molar-refractivity contribution in [1.29, 1.82) is 0 Å². The summed E-state index contributed by atoms with van der Waals surface area (Å²) in [4.78, 5) is 40.7. The molecule has 282 valence electrons. The van der Waals surface area contributed by atoms with E-state index in [-0.39, 0.29) is 0 Å². The van der Waals surface area contributed by atoms with Gasteiger partial charge in [-0.05, 0) is 120 Å². The highest BCUT2D eigenvalue weighted by Gasteiger charge is 2.26. The van der Waals surface area contributed by atoms with Crippen LogP contribution in [0.1, 0.15) is 0 Å². The molecule has 7 heterocycles. The summed E-state index contributed by atoms with van der Waals surface area (Å²) in [6.07, 6.45) is 10.6. The molecule has 10 aromatic rings. The van der Waals surface area contributed by atoms with Gasteiger partial charge >= 0.3 is 0 Å². The molecular weight excluding hydrogens is 743 g/mol. The molecule has 10 heteroatoms. The summed E-state index contributed by atoms with van der Waals surface area (Å²) >= 11 is 0. The van der Waals surface area contributed by atoms with Gasteiger partial charge in [-0.2, -0.15) is 0 Å². The molecule has 0 amide bonds. The van der Waals surface area contributed by atoms with Crippen molar-refractivity contribution in [2.45, 2.75) is 0 Å². The zero-order valence-corrected chi connectivity index (χ0v) is 31.8. The molecule has 0 saturated heterocycles. The number of hydrogen-bond acceptors (Lipinski definition) is 10. The lowest BCUT2D eigenvalue weighted by Crippen LogP contribution is -2.15. The van der Waals surface area contributed by atoms with E-state index >= 15 is 0 Å². The van der Waals surface area contributed by atoms with E-state index in [0.29, 0.717) is 28.7 Å². The molecule has 0 unspecified atom stereocenters. The third-order valence-corrected chi connectivity index (χ3v) is 10.4. The average molecular weight is 774 g/mol. The number of benzene rings is 4. The van der Waals surface area contributed by atoms with E-state index in [1.165, 1.54) is 0 Å². The van der Waals surface area contributed by atoms with Crippen LogP contribution in [0.25, 0.3) is 78.8 Å².